The third-order valence-corrected chi connectivity index (χ3v) is 6.60. The Morgan fingerprint density at radius 1 is 1.23 bits per heavy atom. The van der Waals surface area contributed by atoms with Crippen LogP contribution in [0.1, 0.15) is 60.8 Å². The highest BCUT2D eigenvalue weighted by Gasteiger charge is 2.29. The molecular formula is C27H30N4O4. The van der Waals surface area contributed by atoms with Gasteiger partial charge in [-0.15, -0.1) is 0 Å². The van der Waals surface area contributed by atoms with E-state index in [9.17, 15) is 20.3 Å². The lowest BCUT2D eigenvalue weighted by molar-refractivity contribution is 0.0954. The highest BCUT2D eigenvalue weighted by molar-refractivity contribution is 6.02. The van der Waals surface area contributed by atoms with E-state index >= 15 is 0 Å². The maximum atomic E-state index is 12.6. The molecule has 8 heteroatoms. The fraction of sp³-hybridized carbons (Fsp3) is 0.370. The van der Waals surface area contributed by atoms with Crippen LogP contribution in [-0.4, -0.2) is 46.3 Å². The molecule has 1 aliphatic rings. The number of rotatable bonds is 6. The van der Waals surface area contributed by atoms with E-state index in [2.05, 4.69) is 28.4 Å². The van der Waals surface area contributed by atoms with Crippen molar-refractivity contribution in [3.8, 4) is 40.0 Å². The molecule has 0 spiro atoms. The Bertz CT molecular complexity index is 1270. The summed E-state index contributed by atoms with van der Waals surface area (Å²) >= 11 is 0. The minimum Gasteiger partial charge on any atom is -0.508 e. The number of phenolic OH excluding ortho intramolecular Hbond substituents is 2. The second kappa shape index (κ2) is 9.80. The van der Waals surface area contributed by atoms with Crippen molar-refractivity contribution >= 4 is 5.91 Å². The van der Waals surface area contributed by atoms with Gasteiger partial charge in [-0.3, -0.25) is 9.69 Å². The summed E-state index contributed by atoms with van der Waals surface area (Å²) in [5.74, 6) is 0.153. The van der Waals surface area contributed by atoms with Crippen molar-refractivity contribution < 1.29 is 19.5 Å². The number of benzene rings is 2. The van der Waals surface area contributed by atoms with Crippen LogP contribution in [0.4, 0.5) is 0 Å². The lowest BCUT2D eigenvalue weighted by Crippen LogP contribution is -2.25. The minimum atomic E-state index is -0.428. The molecule has 3 aromatic rings. The molecular weight excluding hydrogens is 444 g/mol. The fourth-order valence-corrected chi connectivity index (χ4v) is 4.66. The van der Waals surface area contributed by atoms with Crippen molar-refractivity contribution in [1.82, 2.24) is 15.4 Å². The average molecular weight is 475 g/mol. The van der Waals surface area contributed by atoms with E-state index in [1.54, 1.807) is 6.07 Å². The Morgan fingerprint density at radius 3 is 2.51 bits per heavy atom. The van der Waals surface area contributed by atoms with Crippen LogP contribution in [0, 0.1) is 17.2 Å². The first-order valence-electron chi connectivity index (χ1n) is 11.8. The van der Waals surface area contributed by atoms with Crippen LogP contribution >= 0.6 is 0 Å². The molecule has 0 saturated carbocycles. The Morgan fingerprint density at radius 2 is 1.94 bits per heavy atom. The molecule has 35 heavy (non-hydrogen) atoms. The Kier molecular flexibility index (Phi) is 6.81. The number of nitrogens with one attached hydrogen (secondary N) is 1. The first kappa shape index (κ1) is 24.3. The SMILES string of the molecule is CNC(=O)c1noc(-c2cc(C(C)C)c(O)cc2O)c1-c1ccc(C(C#N)N2CCC(C)C2)cc1. The van der Waals surface area contributed by atoms with Crippen LogP contribution in [0.2, 0.25) is 0 Å². The predicted molar refractivity (Wildman–Crippen MR) is 132 cm³/mol. The summed E-state index contributed by atoms with van der Waals surface area (Å²) < 4.78 is 5.59. The number of hydrogen-bond acceptors (Lipinski definition) is 7. The van der Waals surface area contributed by atoms with Gasteiger partial charge in [-0.05, 0) is 41.0 Å². The van der Waals surface area contributed by atoms with Crippen LogP contribution in [0.3, 0.4) is 0 Å². The molecule has 2 heterocycles. The van der Waals surface area contributed by atoms with Gasteiger partial charge in [0.2, 0.25) is 0 Å². The molecule has 3 N–H and O–H groups in total. The number of likely N-dealkylation sites (tertiary alicyclic amines) is 1. The van der Waals surface area contributed by atoms with Crippen LogP contribution in [-0.2, 0) is 0 Å². The number of amides is 1. The van der Waals surface area contributed by atoms with Crippen LogP contribution in [0.15, 0.2) is 40.9 Å². The molecule has 0 aliphatic carbocycles. The summed E-state index contributed by atoms with van der Waals surface area (Å²) in [7, 11) is 1.51. The van der Waals surface area contributed by atoms with Crippen molar-refractivity contribution in [3.63, 3.8) is 0 Å². The molecule has 1 amide bonds. The fourth-order valence-electron chi connectivity index (χ4n) is 4.66. The lowest BCUT2D eigenvalue weighted by atomic mass is 9.93. The molecule has 2 aromatic carbocycles. The zero-order valence-electron chi connectivity index (χ0n) is 20.4. The third-order valence-electron chi connectivity index (χ3n) is 6.60. The quantitative estimate of drug-likeness (QED) is 0.468. The summed E-state index contributed by atoms with van der Waals surface area (Å²) in [6.45, 7) is 7.82. The van der Waals surface area contributed by atoms with Crippen LogP contribution in [0.25, 0.3) is 22.5 Å². The largest absolute Gasteiger partial charge is 0.508 e. The smallest absolute Gasteiger partial charge is 0.273 e. The summed E-state index contributed by atoms with van der Waals surface area (Å²) in [4.78, 5) is 14.8. The van der Waals surface area contributed by atoms with Crippen molar-refractivity contribution in [3.05, 3.63) is 53.2 Å². The zero-order valence-corrected chi connectivity index (χ0v) is 20.4. The molecule has 4 rings (SSSR count). The van der Waals surface area contributed by atoms with E-state index in [4.69, 9.17) is 4.52 Å². The average Bonchev–Trinajstić information content (AvgIpc) is 3.46. The van der Waals surface area contributed by atoms with Gasteiger partial charge in [0.15, 0.2) is 11.5 Å². The number of aromatic hydroxyl groups is 2. The predicted octanol–water partition coefficient (Wildman–Crippen LogP) is 4.81. The molecule has 0 bridgehead atoms. The molecule has 182 valence electrons. The van der Waals surface area contributed by atoms with Gasteiger partial charge in [-0.25, -0.2) is 0 Å². The Balaban J connectivity index is 1.80. The van der Waals surface area contributed by atoms with Crippen LogP contribution in [0.5, 0.6) is 11.5 Å². The normalized spacial score (nSPS) is 16.9. The monoisotopic (exact) mass is 474 g/mol. The van der Waals surface area contributed by atoms with Gasteiger partial charge in [0, 0.05) is 26.2 Å². The van der Waals surface area contributed by atoms with Crippen molar-refractivity contribution in [2.75, 3.05) is 20.1 Å². The van der Waals surface area contributed by atoms with Gasteiger partial charge in [-0.2, -0.15) is 5.26 Å². The van der Waals surface area contributed by atoms with Crippen molar-refractivity contribution in [1.29, 1.82) is 5.26 Å². The maximum absolute atomic E-state index is 12.6. The number of nitriles is 1. The summed E-state index contributed by atoms with van der Waals surface area (Å²) in [5, 5.41) is 37.3. The number of nitrogens with zero attached hydrogens (tertiary/aromatic N) is 3. The van der Waals surface area contributed by atoms with Crippen molar-refractivity contribution in [2.24, 2.45) is 5.92 Å². The topological polar surface area (TPSA) is 123 Å². The standard InChI is InChI=1S/C27H30N4O4/c1-15(2)19-11-20(23(33)12-22(19)32)26-24(25(30-35-26)27(34)29-4)18-7-5-17(6-8-18)21(13-28)31-10-9-16(3)14-31/h5-8,11-12,15-16,21,32-33H,9-10,14H2,1-4H3,(H,29,34). The molecule has 1 aliphatic heterocycles. The molecule has 1 fully saturated rings. The van der Waals surface area contributed by atoms with E-state index in [1.165, 1.54) is 13.1 Å². The van der Waals surface area contributed by atoms with Gasteiger partial charge in [0.1, 0.15) is 17.5 Å². The molecule has 1 aromatic heterocycles. The minimum absolute atomic E-state index is 0.00497. The lowest BCUT2D eigenvalue weighted by Gasteiger charge is -2.22. The van der Waals surface area contributed by atoms with E-state index in [0.29, 0.717) is 28.2 Å². The molecule has 2 unspecified atom stereocenters. The summed E-state index contributed by atoms with van der Waals surface area (Å²) in [6, 6.07) is 12.4. The summed E-state index contributed by atoms with van der Waals surface area (Å²) in [5.41, 5.74) is 3.00. The second-order valence-corrected chi connectivity index (χ2v) is 9.44. The second-order valence-electron chi connectivity index (χ2n) is 9.44. The molecule has 1 saturated heterocycles. The first-order valence-corrected chi connectivity index (χ1v) is 11.8. The Hall–Kier alpha value is -3.83. The number of hydrogen-bond donors (Lipinski definition) is 3. The van der Waals surface area contributed by atoms with Gasteiger partial charge in [0.25, 0.3) is 5.91 Å². The number of aromatic nitrogens is 1. The molecule has 0 radical (unpaired) electrons. The Labute approximate surface area is 204 Å². The van der Waals surface area contributed by atoms with E-state index in [1.807, 2.05) is 38.1 Å². The molecule has 2 atom stereocenters. The molecule has 8 nitrogen and oxygen atoms in total. The first-order chi connectivity index (χ1) is 16.7. The number of phenols is 2. The van der Waals surface area contributed by atoms with Gasteiger partial charge in [-0.1, -0.05) is 50.2 Å². The number of carbonyl (C=O) groups is 1. The number of carbonyl (C=O) groups excluding carboxylic acids is 1. The van der Waals surface area contributed by atoms with E-state index < -0.39 is 5.91 Å². The van der Waals surface area contributed by atoms with Gasteiger partial charge >= 0.3 is 0 Å². The summed E-state index contributed by atoms with van der Waals surface area (Å²) in [6.07, 6.45) is 1.07. The third kappa shape index (κ3) is 4.60. The highest BCUT2D eigenvalue weighted by Crippen LogP contribution is 2.43. The maximum Gasteiger partial charge on any atom is 0.273 e. The zero-order chi connectivity index (χ0) is 25.3. The van der Waals surface area contributed by atoms with Gasteiger partial charge < -0.3 is 20.1 Å². The van der Waals surface area contributed by atoms with E-state index in [0.717, 1.165) is 25.1 Å². The van der Waals surface area contributed by atoms with E-state index in [-0.39, 0.29) is 34.9 Å². The highest BCUT2D eigenvalue weighted by atomic mass is 16.5. The van der Waals surface area contributed by atoms with Gasteiger partial charge in [0.05, 0.1) is 17.2 Å². The van der Waals surface area contributed by atoms with Crippen molar-refractivity contribution in [2.45, 2.75) is 39.2 Å². The van der Waals surface area contributed by atoms with Crippen LogP contribution < -0.4 is 5.32 Å².